The van der Waals surface area contributed by atoms with E-state index < -0.39 is 0 Å². The van der Waals surface area contributed by atoms with Gasteiger partial charge in [-0.05, 0) is 55.5 Å². The Morgan fingerprint density at radius 2 is 1.78 bits per heavy atom. The molecule has 122 valence electrons. The minimum Gasteiger partial charge on any atom is -0.310 e. The number of carbonyl (C=O) groups excluding carboxylic acids is 1. The Labute approximate surface area is 139 Å². The first-order chi connectivity index (χ1) is 11.2. The lowest BCUT2D eigenvalue weighted by Crippen LogP contribution is -2.34. The Bertz CT molecular complexity index is 631. The lowest BCUT2D eigenvalue weighted by atomic mass is 9.94. The molecule has 0 spiro atoms. The summed E-state index contributed by atoms with van der Waals surface area (Å²) in [5.74, 6) is 0.182. The van der Waals surface area contributed by atoms with Crippen molar-refractivity contribution in [3.63, 3.8) is 0 Å². The number of ketones is 1. The molecule has 0 radical (unpaired) electrons. The van der Waals surface area contributed by atoms with Crippen molar-refractivity contribution in [1.29, 1.82) is 0 Å². The van der Waals surface area contributed by atoms with Crippen molar-refractivity contribution in [3.05, 3.63) is 59.7 Å². The van der Waals surface area contributed by atoms with Gasteiger partial charge in [-0.25, -0.2) is 0 Å². The average molecular weight is 309 g/mol. The predicted molar refractivity (Wildman–Crippen MR) is 97.7 cm³/mol. The van der Waals surface area contributed by atoms with Crippen LogP contribution in [0.4, 0.5) is 0 Å². The van der Waals surface area contributed by atoms with Crippen LogP contribution >= 0.6 is 0 Å². The van der Waals surface area contributed by atoms with Crippen LogP contribution in [-0.2, 0) is 17.6 Å². The van der Waals surface area contributed by atoms with Crippen LogP contribution in [0.5, 0.6) is 0 Å². The van der Waals surface area contributed by atoms with Gasteiger partial charge in [-0.1, -0.05) is 61.9 Å². The number of benzene rings is 2. The fourth-order valence-corrected chi connectivity index (χ4v) is 2.89. The Morgan fingerprint density at radius 3 is 2.39 bits per heavy atom. The molecule has 0 aromatic heterocycles. The van der Waals surface area contributed by atoms with Crippen LogP contribution in [0.15, 0.2) is 48.5 Å². The zero-order valence-electron chi connectivity index (χ0n) is 14.4. The van der Waals surface area contributed by atoms with Gasteiger partial charge in [0.25, 0.3) is 0 Å². The van der Waals surface area contributed by atoms with Gasteiger partial charge in [0.15, 0.2) is 0 Å². The molecule has 0 heterocycles. The highest BCUT2D eigenvalue weighted by atomic mass is 16.1. The number of aryl methyl sites for hydroxylation is 1. The van der Waals surface area contributed by atoms with E-state index in [-0.39, 0.29) is 11.8 Å². The fraction of sp³-hybridized carbons (Fsp3) is 0.381. The third-order valence-corrected chi connectivity index (χ3v) is 4.36. The lowest BCUT2D eigenvalue weighted by Gasteiger charge is -2.14. The normalized spacial score (nSPS) is 12.1. The number of hydrogen-bond donors (Lipinski definition) is 1. The Morgan fingerprint density at radius 1 is 1.09 bits per heavy atom. The van der Waals surface area contributed by atoms with Crippen molar-refractivity contribution >= 4 is 5.78 Å². The van der Waals surface area contributed by atoms with E-state index in [0.717, 1.165) is 12.8 Å². The monoisotopic (exact) mass is 309 g/mol. The molecule has 0 saturated heterocycles. The SMILES string of the molecule is CCCCc1ccccc1-c1ccc(C[C@H](NC)C(C)=O)cc1. The zero-order valence-corrected chi connectivity index (χ0v) is 14.4. The highest BCUT2D eigenvalue weighted by Crippen LogP contribution is 2.25. The first kappa shape index (κ1) is 17.4. The number of carbonyl (C=O) groups is 1. The molecule has 0 fully saturated rings. The van der Waals surface area contributed by atoms with Crippen molar-refractivity contribution < 1.29 is 4.79 Å². The molecule has 2 rings (SSSR count). The van der Waals surface area contributed by atoms with E-state index in [1.807, 2.05) is 7.05 Å². The van der Waals surface area contributed by atoms with Crippen LogP contribution in [0, 0.1) is 0 Å². The largest absolute Gasteiger partial charge is 0.310 e. The van der Waals surface area contributed by atoms with Gasteiger partial charge >= 0.3 is 0 Å². The predicted octanol–water partition coefficient (Wildman–Crippen LogP) is 4.42. The average Bonchev–Trinajstić information content (AvgIpc) is 2.58. The third kappa shape index (κ3) is 4.77. The molecule has 2 nitrogen and oxygen atoms in total. The quantitative estimate of drug-likeness (QED) is 0.782. The maximum Gasteiger partial charge on any atom is 0.147 e. The summed E-state index contributed by atoms with van der Waals surface area (Å²) in [6.07, 6.45) is 4.30. The van der Waals surface area contributed by atoms with Crippen LogP contribution < -0.4 is 5.32 Å². The third-order valence-electron chi connectivity index (χ3n) is 4.36. The first-order valence-electron chi connectivity index (χ1n) is 8.50. The van der Waals surface area contributed by atoms with Gasteiger partial charge in [-0.15, -0.1) is 0 Å². The first-order valence-corrected chi connectivity index (χ1v) is 8.50. The summed E-state index contributed by atoms with van der Waals surface area (Å²) in [5, 5.41) is 3.08. The molecule has 2 aromatic carbocycles. The fourth-order valence-electron chi connectivity index (χ4n) is 2.89. The van der Waals surface area contributed by atoms with Gasteiger partial charge in [0.2, 0.25) is 0 Å². The Balaban J connectivity index is 2.18. The molecule has 0 unspecified atom stereocenters. The number of hydrogen-bond acceptors (Lipinski definition) is 2. The standard InChI is InChI=1S/C21H27NO/c1-4-5-8-18-9-6-7-10-20(18)19-13-11-17(12-14-19)15-21(22-3)16(2)23/h6-7,9-14,21-22H,4-5,8,15H2,1-3H3/t21-/m0/s1. The number of Topliss-reactive ketones (excluding diaryl/α,β-unsaturated/α-hetero) is 1. The molecule has 2 heteroatoms. The number of rotatable bonds is 8. The van der Waals surface area contributed by atoms with E-state index in [1.54, 1.807) is 6.92 Å². The summed E-state index contributed by atoms with van der Waals surface area (Å²) in [6, 6.07) is 17.2. The van der Waals surface area contributed by atoms with Crippen molar-refractivity contribution in [2.24, 2.45) is 0 Å². The highest BCUT2D eigenvalue weighted by molar-refractivity contribution is 5.81. The van der Waals surface area contributed by atoms with Gasteiger partial charge in [-0.3, -0.25) is 4.79 Å². The summed E-state index contributed by atoms with van der Waals surface area (Å²) in [7, 11) is 1.84. The molecule has 0 aliphatic rings. The second-order valence-corrected chi connectivity index (χ2v) is 6.11. The summed E-state index contributed by atoms with van der Waals surface area (Å²) >= 11 is 0. The van der Waals surface area contributed by atoms with Gasteiger partial charge < -0.3 is 5.32 Å². The van der Waals surface area contributed by atoms with E-state index in [1.165, 1.54) is 35.1 Å². The Kier molecular flexibility index (Phi) is 6.54. The van der Waals surface area contributed by atoms with Gasteiger partial charge in [0.05, 0.1) is 6.04 Å². The van der Waals surface area contributed by atoms with E-state index in [2.05, 4.69) is 60.8 Å². The molecule has 0 bridgehead atoms. The highest BCUT2D eigenvalue weighted by Gasteiger charge is 2.12. The topological polar surface area (TPSA) is 29.1 Å². The molecule has 0 aliphatic heterocycles. The molecule has 2 aromatic rings. The number of unbranched alkanes of at least 4 members (excludes halogenated alkanes) is 1. The molecule has 23 heavy (non-hydrogen) atoms. The zero-order chi connectivity index (χ0) is 16.7. The maximum atomic E-state index is 11.6. The Hall–Kier alpha value is -1.93. The smallest absolute Gasteiger partial charge is 0.147 e. The van der Waals surface area contributed by atoms with Gasteiger partial charge in [-0.2, -0.15) is 0 Å². The molecule has 0 aliphatic carbocycles. The second-order valence-electron chi connectivity index (χ2n) is 6.11. The van der Waals surface area contributed by atoms with Crippen LogP contribution in [0.3, 0.4) is 0 Å². The van der Waals surface area contributed by atoms with Crippen molar-refractivity contribution in [2.75, 3.05) is 7.05 Å². The van der Waals surface area contributed by atoms with Crippen molar-refractivity contribution in [3.8, 4) is 11.1 Å². The van der Waals surface area contributed by atoms with E-state index in [4.69, 9.17) is 0 Å². The summed E-state index contributed by atoms with van der Waals surface area (Å²) < 4.78 is 0. The molecule has 1 atom stereocenters. The van der Waals surface area contributed by atoms with Crippen molar-refractivity contribution in [2.45, 2.75) is 45.6 Å². The summed E-state index contributed by atoms with van der Waals surface area (Å²) in [6.45, 7) is 3.87. The molecule has 1 N–H and O–H groups in total. The summed E-state index contributed by atoms with van der Waals surface area (Å²) in [4.78, 5) is 11.6. The van der Waals surface area contributed by atoms with E-state index in [0.29, 0.717) is 0 Å². The van der Waals surface area contributed by atoms with Gasteiger partial charge in [0, 0.05) is 0 Å². The second kappa shape index (κ2) is 8.64. The molecular weight excluding hydrogens is 282 g/mol. The molecule has 0 amide bonds. The van der Waals surface area contributed by atoms with Gasteiger partial charge in [0.1, 0.15) is 5.78 Å². The lowest BCUT2D eigenvalue weighted by molar-refractivity contribution is -0.118. The minimum atomic E-state index is -0.0994. The van der Waals surface area contributed by atoms with E-state index in [9.17, 15) is 4.79 Å². The maximum absolute atomic E-state index is 11.6. The molecule has 0 saturated carbocycles. The van der Waals surface area contributed by atoms with Crippen LogP contribution in [0.1, 0.15) is 37.8 Å². The van der Waals surface area contributed by atoms with E-state index >= 15 is 0 Å². The van der Waals surface area contributed by atoms with Crippen LogP contribution in [0.2, 0.25) is 0 Å². The summed E-state index contributed by atoms with van der Waals surface area (Å²) in [5.41, 5.74) is 5.18. The van der Waals surface area contributed by atoms with Crippen LogP contribution in [0.25, 0.3) is 11.1 Å². The van der Waals surface area contributed by atoms with Crippen molar-refractivity contribution in [1.82, 2.24) is 5.32 Å². The number of nitrogens with one attached hydrogen (secondary N) is 1. The number of likely N-dealkylation sites (N-methyl/N-ethyl adjacent to an activating group) is 1. The molecular formula is C21H27NO. The minimum absolute atomic E-state index is 0.0994. The van der Waals surface area contributed by atoms with Crippen LogP contribution in [-0.4, -0.2) is 18.9 Å².